The van der Waals surface area contributed by atoms with Crippen molar-refractivity contribution in [1.29, 1.82) is 0 Å². The molecule has 2 N–H and O–H groups in total. The van der Waals surface area contributed by atoms with Gasteiger partial charge in [-0.25, -0.2) is 0 Å². The minimum Gasteiger partial charge on any atom is -0.463 e. The largest absolute Gasteiger partial charge is 0.463 e. The summed E-state index contributed by atoms with van der Waals surface area (Å²) in [5.74, 6) is -0.290. The van der Waals surface area contributed by atoms with Crippen LogP contribution in [0.15, 0.2) is 12.2 Å². The number of rotatable bonds is 2. The molecule has 0 spiro atoms. The lowest BCUT2D eigenvalue weighted by Gasteiger charge is -2.20. The maximum Gasteiger partial charge on any atom is 0.302 e. The fraction of sp³-hybridized carbons (Fsp3) is 0.625. The molecule has 0 aromatic rings. The van der Waals surface area contributed by atoms with E-state index < -0.39 is 0 Å². The molecule has 0 aromatic heterocycles. The van der Waals surface area contributed by atoms with Gasteiger partial charge >= 0.3 is 5.97 Å². The van der Waals surface area contributed by atoms with Crippen LogP contribution in [-0.2, 0) is 14.3 Å². The summed E-state index contributed by atoms with van der Waals surface area (Å²) in [5.41, 5.74) is 5.53. The molecule has 0 radical (unpaired) electrons. The normalized spacial score (nSPS) is 28.5. The molecule has 1 rings (SSSR count). The number of hydrogen-bond acceptors (Lipinski definition) is 4. The molecule has 1 aliphatic heterocycles. The lowest BCUT2D eigenvalue weighted by molar-refractivity contribution is -0.144. The van der Waals surface area contributed by atoms with Crippen molar-refractivity contribution in [3.63, 3.8) is 0 Å². The first-order valence-electron chi connectivity index (χ1n) is 3.87. The number of nitrogens with two attached hydrogens (primary N) is 1. The molecule has 4 nitrogen and oxygen atoms in total. The highest BCUT2D eigenvalue weighted by Crippen LogP contribution is 2.04. The predicted molar refractivity (Wildman–Crippen MR) is 43.5 cm³/mol. The van der Waals surface area contributed by atoms with Crippen molar-refractivity contribution in [2.45, 2.75) is 19.1 Å². The first kappa shape index (κ1) is 9.22. The highest BCUT2D eigenvalue weighted by atomic mass is 16.6. The molecule has 12 heavy (non-hydrogen) atoms. The quantitative estimate of drug-likeness (QED) is 0.463. The SMILES string of the molecule is CC(=O)OC[C@H]1C=C[C@@H](N)CO1. The molecule has 1 heterocycles. The maximum absolute atomic E-state index is 10.4. The summed E-state index contributed by atoms with van der Waals surface area (Å²) < 4.78 is 10.0. The molecule has 0 bridgehead atoms. The van der Waals surface area contributed by atoms with Crippen LogP contribution in [0.3, 0.4) is 0 Å². The van der Waals surface area contributed by atoms with Gasteiger partial charge in [-0.05, 0) is 0 Å². The molecule has 0 saturated heterocycles. The van der Waals surface area contributed by atoms with Crippen LogP contribution in [-0.4, -0.2) is 31.3 Å². The second kappa shape index (κ2) is 4.23. The molecule has 2 atom stereocenters. The molecule has 68 valence electrons. The monoisotopic (exact) mass is 171 g/mol. The molecule has 0 aromatic carbocycles. The van der Waals surface area contributed by atoms with Crippen LogP contribution in [0.5, 0.6) is 0 Å². The van der Waals surface area contributed by atoms with Gasteiger partial charge in [-0.15, -0.1) is 0 Å². The third-order valence-electron chi connectivity index (χ3n) is 1.53. The van der Waals surface area contributed by atoms with E-state index in [2.05, 4.69) is 0 Å². The Morgan fingerprint density at radius 2 is 2.50 bits per heavy atom. The van der Waals surface area contributed by atoms with Crippen LogP contribution in [0.1, 0.15) is 6.92 Å². The van der Waals surface area contributed by atoms with Crippen LogP contribution < -0.4 is 5.73 Å². The molecule has 0 saturated carbocycles. The van der Waals surface area contributed by atoms with Crippen LogP contribution in [0.2, 0.25) is 0 Å². The highest BCUT2D eigenvalue weighted by molar-refractivity contribution is 5.65. The van der Waals surface area contributed by atoms with E-state index in [9.17, 15) is 4.79 Å². The number of carbonyl (C=O) groups excluding carboxylic acids is 1. The van der Waals surface area contributed by atoms with Crippen LogP contribution in [0, 0.1) is 0 Å². The molecule has 0 unspecified atom stereocenters. The number of ether oxygens (including phenoxy) is 2. The van der Waals surface area contributed by atoms with Crippen molar-refractivity contribution < 1.29 is 14.3 Å². The van der Waals surface area contributed by atoms with E-state index in [1.165, 1.54) is 6.92 Å². The molecule has 4 heteroatoms. The van der Waals surface area contributed by atoms with Gasteiger partial charge in [0.15, 0.2) is 0 Å². The van der Waals surface area contributed by atoms with Crippen molar-refractivity contribution in [1.82, 2.24) is 0 Å². The van der Waals surface area contributed by atoms with Gasteiger partial charge in [-0.3, -0.25) is 4.79 Å². The van der Waals surface area contributed by atoms with Crippen molar-refractivity contribution >= 4 is 5.97 Å². The Kier molecular flexibility index (Phi) is 3.25. The van der Waals surface area contributed by atoms with E-state index in [0.29, 0.717) is 6.61 Å². The fourth-order valence-corrected chi connectivity index (χ4v) is 0.916. The summed E-state index contributed by atoms with van der Waals surface area (Å²) in [6, 6.07) is -0.0291. The van der Waals surface area contributed by atoms with Crippen LogP contribution in [0.4, 0.5) is 0 Å². The van der Waals surface area contributed by atoms with Crippen molar-refractivity contribution in [3.8, 4) is 0 Å². The van der Waals surface area contributed by atoms with Gasteiger partial charge in [-0.1, -0.05) is 12.2 Å². The number of hydrogen-bond donors (Lipinski definition) is 1. The van der Waals surface area contributed by atoms with E-state index in [4.69, 9.17) is 15.2 Å². The minimum atomic E-state index is -0.290. The second-order valence-electron chi connectivity index (χ2n) is 2.72. The van der Waals surface area contributed by atoms with Gasteiger partial charge in [0.2, 0.25) is 0 Å². The second-order valence-corrected chi connectivity index (χ2v) is 2.72. The standard InChI is InChI=1S/C8H13NO3/c1-6(10)11-5-8-3-2-7(9)4-12-8/h2-3,7-8H,4-5,9H2,1H3/t7-,8-/m1/s1. The van der Waals surface area contributed by atoms with E-state index in [1.54, 1.807) is 0 Å². The highest BCUT2D eigenvalue weighted by Gasteiger charge is 2.13. The third kappa shape index (κ3) is 3.02. The summed E-state index contributed by atoms with van der Waals surface area (Å²) >= 11 is 0. The summed E-state index contributed by atoms with van der Waals surface area (Å²) in [4.78, 5) is 10.4. The van der Waals surface area contributed by atoms with Crippen molar-refractivity contribution in [3.05, 3.63) is 12.2 Å². The minimum absolute atomic E-state index is 0.0291. The van der Waals surface area contributed by atoms with Gasteiger partial charge in [0.1, 0.15) is 12.7 Å². The smallest absolute Gasteiger partial charge is 0.302 e. The predicted octanol–water partition coefficient (Wildman–Crippen LogP) is -0.168. The molecule has 0 aliphatic carbocycles. The Bertz CT molecular complexity index is 191. The van der Waals surface area contributed by atoms with Gasteiger partial charge in [0, 0.05) is 13.0 Å². The maximum atomic E-state index is 10.4. The van der Waals surface area contributed by atoms with Crippen molar-refractivity contribution in [2.24, 2.45) is 5.73 Å². The summed E-state index contributed by atoms with van der Waals surface area (Å²) in [6.45, 7) is 2.14. The fourth-order valence-electron chi connectivity index (χ4n) is 0.916. The zero-order valence-electron chi connectivity index (χ0n) is 7.03. The molecular formula is C8H13NO3. The molecule has 0 amide bonds. The van der Waals surface area contributed by atoms with Gasteiger partial charge < -0.3 is 15.2 Å². The number of carbonyl (C=O) groups is 1. The lowest BCUT2D eigenvalue weighted by atomic mass is 10.2. The lowest BCUT2D eigenvalue weighted by Crippen LogP contribution is -2.33. The Balaban J connectivity index is 2.26. The first-order valence-corrected chi connectivity index (χ1v) is 3.87. The van der Waals surface area contributed by atoms with Crippen LogP contribution >= 0.6 is 0 Å². The zero-order valence-corrected chi connectivity index (χ0v) is 7.03. The van der Waals surface area contributed by atoms with E-state index >= 15 is 0 Å². The van der Waals surface area contributed by atoms with Gasteiger partial charge in [0.25, 0.3) is 0 Å². The molecular weight excluding hydrogens is 158 g/mol. The topological polar surface area (TPSA) is 61.5 Å². The summed E-state index contributed by atoms with van der Waals surface area (Å²) in [5, 5.41) is 0. The Labute approximate surface area is 71.3 Å². The average molecular weight is 171 g/mol. The van der Waals surface area contributed by atoms with Crippen molar-refractivity contribution in [2.75, 3.05) is 13.2 Å². The van der Waals surface area contributed by atoms with E-state index in [0.717, 1.165) is 0 Å². The van der Waals surface area contributed by atoms with Crippen LogP contribution in [0.25, 0.3) is 0 Å². The Morgan fingerprint density at radius 1 is 1.75 bits per heavy atom. The third-order valence-corrected chi connectivity index (χ3v) is 1.53. The van der Waals surface area contributed by atoms with E-state index in [1.807, 2.05) is 12.2 Å². The zero-order chi connectivity index (χ0) is 8.97. The Morgan fingerprint density at radius 3 is 3.00 bits per heavy atom. The van der Waals surface area contributed by atoms with Gasteiger partial charge in [-0.2, -0.15) is 0 Å². The van der Waals surface area contributed by atoms with E-state index in [-0.39, 0.29) is 24.7 Å². The number of esters is 1. The van der Waals surface area contributed by atoms with Gasteiger partial charge in [0.05, 0.1) is 6.61 Å². The Hall–Kier alpha value is -0.870. The average Bonchev–Trinajstić information content (AvgIpc) is 2.03. The molecule has 1 aliphatic rings. The summed E-state index contributed by atoms with van der Waals surface area (Å²) in [6.07, 6.45) is 3.54. The summed E-state index contributed by atoms with van der Waals surface area (Å²) in [7, 11) is 0. The first-order chi connectivity index (χ1) is 5.68. The molecule has 0 fully saturated rings.